The number of carbonyl (C=O) groups excluding carboxylic acids is 1. The Bertz CT molecular complexity index is 519. The lowest BCUT2D eigenvalue weighted by molar-refractivity contribution is -0.126. The van der Waals surface area contributed by atoms with E-state index in [2.05, 4.69) is 5.32 Å². The predicted molar refractivity (Wildman–Crippen MR) is 89.4 cm³/mol. The normalized spacial score (nSPS) is 12.1. The third-order valence-electron chi connectivity index (χ3n) is 3.33. The first-order valence-corrected chi connectivity index (χ1v) is 8.81. The molecule has 0 aliphatic heterocycles. The first-order valence-electron chi connectivity index (χ1n) is 7.65. The van der Waals surface area contributed by atoms with E-state index < -0.39 is 20.7 Å². The van der Waals surface area contributed by atoms with Crippen LogP contribution < -0.4 is 20.3 Å². The summed E-state index contributed by atoms with van der Waals surface area (Å²) >= 11 is 0. The average molecular weight is 362 g/mol. The number of carbonyl (C=O) groups is 1. The maximum atomic E-state index is 14.5. The molecule has 0 fully saturated rings. The topological polar surface area (TPSA) is 114 Å². The molecule has 1 atom stereocenters. The number of halogens is 1. The van der Waals surface area contributed by atoms with Gasteiger partial charge in [0.15, 0.2) is 0 Å². The molecule has 1 aromatic rings. The summed E-state index contributed by atoms with van der Waals surface area (Å²) in [6, 6.07) is 4.09. The van der Waals surface area contributed by atoms with E-state index in [4.69, 9.17) is 24.8 Å². The minimum absolute atomic E-state index is 0.113. The fourth-order valence-electron chi connectivity index (χ4n) is 2.09. The largest absolute Gasteiger partial charge is 0.497 e. The molecule has 5 N–H and O–H groups in total. The summed E-state index contributed by atoms with van der Waals surface area (Å²) in [5.74, 6) is -0.598. The van der Waals surface area contributed by atoms with Crippen molar-refractivity contribution in [2.45, 2.75) is 31.9 Å². The molecule has 0 aliphatic carbocycles. The summed E-state index contributed by atoms with van der Waals surface area (Å²) in [6.07, 6.45) is 1.53. The highest BCUT2D eigenvalue weighted by molar-refractivity contribution is 7.39. The highest BCUT2D eigenvalue weighted by atomic mass is 31.2. The van der Waals surface area contributed by atoms with E-state index in [-0.39, 0.29) is 11.3 Å². The van der Waals surface area contributed by atoms with E-state index >= 15 is 0 Å². The third-order valence-corrected chi connectivity index (χ3v) is 3.69. The van der Waals surface area contributed by atoms with Gasteiger partial charge in [0, 0.05) is 12.1 Å². The Kier molecular flexibility index (Phi) is 9.56. The van der Waals surface area contributed by atoms with Crippen molar-refractivity contribution in [2.75, 3.05) is 20.2 Å². The van der Waals surface area contributed by atoms with Crippen molar-refractivity contribution in [1.29, 1.82) is 0 Å². The van der Waals surface area contributed by atoms with Gasteiger partial charge < -0.3 is 30.1 Å². The van der Waals surface area contributed by atoms with Crippen LogP contribution in [0.15, 0.2) is 18.2 Å². The molecule has 0 radical (unpaired) electrons. The average Bonchev–Trinajstić information content (AvgIpc) is 2.57. The number of amides is 1. The maximum Gasteiger partial charge on any atom is 0.391 e. The van der Waals surface area contributed by atoms with E-state index in [1.807, 2.05) is 0 Å². The molecule has 0 bridgehead atoms. The molecule has 0 spiro atoms. The summed E-state index contributed by atoms with van der Waals surface area (Å²) in [6.45, 7) is 0.993. The first-order chi connectivity index (χ1) is 11.5. The van der Waals surface area contributed by atoms with E-state index in [1.165, 1.54) is 25.3 Å². The van der Waals surface area contributed by atoms with E-state index in [9.17, 15) is 9.18 Å². The van der Waals surface area contributed by atoms with Gasteiger partial charge in [0.2, 0.25) is 6.17 Å². The zero-order valence-electron chi connectivity index (χ0n) is 13.6. The Morgan fingerprint density at radius 1 is 1.33 bits per heavy atom. The van der Waals surface area contributed by atoms with E-state index in [0.717, 1.165) is 25.7 Å². The number of alkyl halides is 1. The van der Waals surface area contributed by atoms with Crippen molar-refractivity contribution in [1.82, 2.24) is 5.32 Å². The van der Waals surface area contributed by atoms with Crippen molar-refractivity contribution in [3.8, 4) is 11.5 Å². The van der Waals surface area contributed by atoms with Gasteiger partial charge >= 0.3 is 8.60 Å². The number of nitrogens with two attached hydrogens (primary N) is 1. The third kappa shape index (κ3) is 6.97. The molecule has 136 valence electrons. The maximum absolute atomic E-state index is 14.5. The summed E-state index contributed by atoms with van der Waals surface area (Å²) in [5, 5.41) is 2.51. The van der Waals surface area contributed by atoms with Gasteiger partial charge in [-0.1, -0.05) is 12.8 Å². The smallest absolute Gasteiger partial charge is 0.391 e. The summed E-state index contributed by atoms with van der Waals surface area (Å²) in [7, 11) is -1.32. The van der Waals surface area contributed by atoms with Gasteiger partial charge in [-0.2, -0.15) is 0 Å². The second-order valence-electron chi connectivity index (χ2n) is 5.10. The van der Waals surface area contributed by atoms with Gasteiger partial charge in [0.25, 0.3) is 5.91 Å². The molecule has 0 aromatic heterocycles. The lowest BCUT2D eigenvalue weighted by Gasteiger charge is -2.15. The number of rotatable bonds is 11. The molecule has 9 heteroatoms. The summed E-state index contributed by atoms with van der Waals surface area (Å²) in [4.78, 5) is 29.9. The van der Waals surface area contributed by atoms with E-state index in [1.54, 1.807) is 0 Å². The van der Waals surface area contributed by atoms with Crippen LogP contribution in [-0.2, 0) is 4.79 Å². The minimum atomic E-state index is -2.72. The van der Waals surface area contributed by atoms with Crippen LogP contribution in [-0.4, -0.2) is 35.9 Å². The second kappa shape index (κ2) is 11.1. The molecule has 0 heterocycles. The van der Waals surface area contributed by atoms with E-state index in [0.29, 0.717) is 18.8 Å². The Labute approximate surface area is 142 Å². The van der Waals surface area contributed by atoms with Crippen molar-refractivity contribution in [3.63, 3.8) is 0 Å². The SMILES string of the molecule is COc1ccc(OP(O)O)c(C(F)C(=O)NCCCCCCN)c1. The van der Waals surface area contributed by atoms with Crippen LogP contribution in [0.4, 0.5) is 4.39 Å². The quantitative estimate of drug-likeness (QED) is 0.353. The van der Waals surface area contributed by atoms with Crippen molar-refractivity contribution < 1.29 is 28.2 Å². The molecule has 7 nitrogen and oxygen atoms in total. The molecule has 1 rings (SSSR count). The monoisotopic (exact) mass is 362 g/mol. The van der Waals surface area contributed by atoms with Gasteiger partial charge in [-0.3, -0.25) is 4.79 Å². The number of nitrogens with one attached hydrogen (secondary N) is 1. The van der Waals surface area contributed by atoms with Crippen LogP contribution in [0.1, 0.15) is 37.4 Å². The summed E-state index contributed by atoms with van der Waals surface area (Å²) < 4.78 is 24.2. The molecular weight excluding hydrogens is 338 g/mol. The zero-order valence-corrected chi connectivity index (χ0v) is 14.5. The number of unbranched alkanes of at least 4 members (excludes halogenated alkanes) is 3. The van der Waals surface area contributed by atoms with Crippen LogP contribution in [0.2, 0.25) is 0 Å². The van der Waals surface area contributed by atoms with Gasteiger partial charge in [-0.05, 0) is 37.6 Å². The second-order valence-corrected chi connectivity index (χ2v) is 5.79. The van der Waals surface area contributed by atoms with Gasteiger partial charge in [0.1, 0.15) is 11.5 Å². The summed E-state index contributed by atoms with van der Waals surface area (Å²) in [5.41, 5.74) is 5.27. The first kappa shape index (κ1) is 20.6. The Morgan fingerprint density at radius 2 is 2.04 bits per heavy atom. The number of ether oxygens (including phenoxy) is 1. The molecule has 1 unspecified atom stereocenters. The lowest BCUT2D eigenvalue weighted by atomic mass is 10.1. The predicted octanol–water partition coefficient (Wildman–Crippen LogP) is 1.93. The highest BCUT2D eigenvalue weighted by Gasteiger charge is 2.25. The molecule has 0 saturated carbocycles. The molecule has 1 aromatic carbocycles. The van der Waals surface area contributed by atoms with Gasteiger partial charge in [0.05, 0.1) is 7.11 Å². The van der Waals surface area contributed by atoms with Crippen LogP contribution in [0, 0.1) is 0 Å². The van der Waals surface area contributed by atoms with Crippen molar-refractivity contribution >= 4 is 14.5 Å². The number of hydrogen-bond acceptors (Lipinski definition) is 6. The number of hydrogen-bond donors (Lipinski definition) is 4. The Hall–Kier alpha value is -1.47. The minimum Gasteiger partial charge on any atom is -0.497 e. The molecule has 0 saturated heterocycles. The standard InChI is InChI=1S/C15H24FN2O5P/c1-22-11-6-7-13(23-24(20)21)12(10-11)14(16)15(19)18-9-5-3-2-4-8-17/h6-7,10,14,20-21H,2-5,8-9,17H2,1H3,(H,18,19). The van der Waals surface area contributed by atoms with Crippen LogP contribution in [0.5, 0.6) is 11.5 Å². The van der Waals surface area contributed by atoms with Crippen molar-refractivity contribution in [2.24, 2.45) is 5.73 Å². The molecule has 1 amide bonds. The van der Waals surface area contributed by atoms with Crippen LogP contribution >= 0.6 is 8.60 Å². The fourth-order valence-corrected chi connectivity index (χ4v) is 2.43. The lowest BCUT2D eigenvalue weighted by Crippen LogP contribution is -2.28. The molecular formula is C15H24FN2O5P. The number of benzene rings is 1. The Balaban J connectivity index is 2.66. The molecule has 0 aliphatic rings. The highest BCUT2D eigenvalue weighted by Crippen LogP contribution is 2.37. The van der Waals surface area contributed by atoms with Gasteiger partial charge in [-0.15, -0.1) is 0 Å². The fraction of sp³-hybridized carbons (Fsp3) is 0.533. The van der Waals surface area contributed by atoms with Gasteiger partial charge in [-0.25, -0.2) is 4.39 Å². The zero-order chi connectivity index (χ0) is 17.9. The van der Waals surface area contributed by atoms with Crippen LogP contribution in [0.25, 0.3) is 0 Å². The number of methoxy groups -OCH3 is 1. The Morgan fingerprint density at radius 3 is 2.67 bits per heavy atom. The molecule has 24 heavy (non-hydrogen) atoms. The van der Waals surface area contributed by atoms with Crippen LogP contribution in [0.3, 0.4) is 0 Å². The van der Waals surface area contributed by atoms with Crippen molar-refractivity contribution in [3.05, 3.63) is 23.8 Å².